The molecule has 0 aliphatic heterocycles. The van der Waals surface area contributed by atoms with E-state index in [2.05, 4.69) is 26.7 Å². The minimum Gasteiger partial charge on any atom is -0.394 e. The van der Waals surface area contributed by atoms with Crippen LogP contribution < -0.4 is 10.6 Å². The monoisotopic (exact) mass is 309 g/mol. The molecule has 23 heavy (non-hydrogen) atoms. The average molecular weight is 309 g/mol. The Bertz CT molecular complexity index is 736. The van der Waals surface area contributed by atoms with Crippen molar-refractivity contribution in [3.8, 4) is 6.07 Å². The van der Waals surface area contributed by atoms with Crippen molar-refractivity contribution in [2.45, 2.75) is 31.7 Å². The third-order valence-corrected chi connectivity index (χ3v) is 3.66. The van der Waals surface area contributed by atoms with Gasteiger partial charge in [0.15, 0.2) is 0 Å². The number of hydrogen-bond donors (Lipinski definition) is 3. The van der Waals surface area contributed by atoms with E-state index in [1.54, 1.807) is 12.1 Å². The second-order valence-corrected chi connectivity index (χ2v) is 5.82. The first-order valence-electron chi connectivity index (χ1n) is 7.71. The molecule has 0 saturated heterocycles. The number of nitrogens with zero attached hydrogens (tertiary/aromatic N) is 3. The molecule has 1 aliphatic carbocycles. The highest BCUT2D eigenvalue weighted by Gasteiger charge is 2.26. The zero-order valence-electron chi connectivity index (χ0n) is 13.0. The van der Waals surface area contributed by atoms with E-state index in [0.29, 0.717) is 23.2 Å². The Morgan fingerprint density at radius 1 is 1.35 bits per heavy atom. The number of aliphatic hydroxyl groups excluding tert-OH is 1. The van der Waals surface area contributed by atoms with Crippen LogP contribution in [-0.2, 0) is 0 Å². The van der Waals surface area contributed by atoms with Crippen molar-refractivity contribution in [2.24, 2.45) is 0 Å². The molecule has 0 unspecified atom stereocenters. The van der Waals surface area contributed by atoms with Crippen molar-refractivity contribution in [3.05, 3.63) is 41.6 Å². The SMILES string of the molecule is C[C@@H](CO)Nc1nc(Nc2cccc(C#N)c2)cc(C2CC2)n1. The lowest BCUT2D eigenvalue weighted by atomic mass is 10.2. The first-order chi connectivity index (χ1) is 11.2. The van der Waals surface area contributed by atoms with Gasteiger partial charge in [0.05, 0.1) is 23.9 Å². The van der Waals surface area contributed by atoms with E-state index in [1.807, 2.05) is 25.1 Å². The molecule has 0 bridgehead atoms. The van der Waals surface area contributed by atoms with Gasteiger partial charge in [0.2, 0.25) is 5.95 Å². The maximum absolute atomic E-state index is 9.18. The lowest BCUT2D eigenvalue weighted by Crippen LogP contribution is -2.21. The molecule has 0 spiro atoms. The van der Waals surface area contributed by atoms with Gasteiger partial charge in [-0.25, -0.2) is 4.98 Å². The largest absolute Gasteiger partial charge is 0.394 e. The van der Waals surface area contributed by atoms with Gasteiger partial charge in [0.1, 0.15) is 5.82 Å². The quantitative estimate of drug-likeness (QED) is 0.759. The summed E-state index contributed by atoms with van der Waals surface area (Å²) in [7, 11) is 0. The van der Waals surface area contributed by atoms with Gasteiger partial charge in [-0.3, -0.25) is 0 Å². The summed E-state index contributed by atoms with van der Waals surface area (Å²) in [4.78, 5) is 8.99. The van der Waals surface area contributed by atoms with Crippen LogP contribution in [0.5, 0.6) is 0 Å². The molecule has 1 fully saturated rings. The van der Waals surface area contributed by atoms with Crippen molar-refractivity contribution >= 4 is 17.5 Å². The lowest BCUT2D eigenvalue weighted by Gasteiger charge is -2.14. The topological polar surface area (TPSA) is 93.9 Å². The molecule has 1 heterocycles. The van der Waals surface area contributed by atoms with E-state index < -0.39 is 0 Å². The van der Waals surface area contributed by atoms with E-state index >= 15 is 0 Å². The number of aromatic nitrogens is 2. The van der Waals surface area contributed by atoms with Crippen LogP contribution >= 0.6 is 0 Å². The summed E-state index contributed by atoms with van der Waals surface area (Å²) in [5.74, 6) is 1.69. The molecule has 3 N–H and O–H groups in total. The van der Waals surface area contributed by atoms with Crippen LogP contribution in [0, 0.1) is 11.3 Å². The van der Waals surface area contributed by atoms with Gasteiger partial charge in [0.25, 0.3) is 0 Å². The number of anilines is 3. The van der Waals surface area contributed by atoms with Gasteiger partial charge in [-0.2, -0.15) is 10.2 Å². The second-order valence-electron chi connectivity index (χ2n) is 5.82. The summed E-state index contributed by atoms with van der Waals surface area (Å²) in [5, 5.41) is 24.5. The van der Waals surface area contributed by atoms with Gasteiger partial charge in [-0.05, 0) is 38.0 Å². The molecule has 1 atom stereocenters. The third-order valence-electron chi connectivity index (χ3n) is 3.66. The van der Waals surface area contributed by atoms with Crippen molar-refractivity contribution in [1.29, 1.82) is 5.26 Å². The van der Waals surface area contributed by atoms with E-state index in [4.69, 9.17) is 5.26 Å². The fraction of sp³-hybridized carbons (Fsp3) is 0.353. The summed E-state index contributed by atoms with van der Waals surface area (Å²) in [5.41, 5.74) is 2.41. The maximum atomic E-state index is 9.18. The molecule has 1 aromatic heterocycles. The molecule has 1 saturated carbocycles. The fourth-order valence-electron chi connectivity index (χ4n) is 2.26. The van der Waals surface area contributed by atoms with E-state index in [0.717, 1.165) is 24.2 Å². The standard InChI is InChI=1S/C17H19N5O/c1-11(10-23)19-17-21-15(13-5-6-13)8-16(22-17)20-14-4-2-3-12(7-14)9-18/h2-4,7-8,11,13,23H,5-6,10H2,1H3,(H2,19,20,21,22)/t11-/m0/s1. The first kappa shape index (κ1) is 15.3. The molecule has 0 amide bonds. The average Bonchev–Trinajstić information content (AvgIpc) is 3.39. The third kappa shape index (κ3) is 3.96. The zero-order chi connectivity index (χ0) is 16.2. The van der Waals surface area contributed by atoms with Crippen molar-refractivity contribution in [2.75, 3.05) is 17.2 Å². The predicted molar refractivity (Wildman–Crippen MR) is 88.6 cm³/mol. The van der Waals surface area contributed by atoms with Crippen LogP contribution in [0.2, 0.25) is 0 Å². The molecule has 118 valence electrons. The Morgan fingerprint density at radius 3 is 2.87 bits per heavy atom. The molecule has 2 aromatic rings. The molecule has 1 aromatic carbocycles. The first-order valence-corrected chi connectivity index (χ1v) is 7.71. The summed E-state index contributed by atoms with van der Waals surface area (Å²) in [6, 6.07) is 11.2. The van der Waals surface area contributed by atoms with E-state index in [1.165, 1.54) is 0 Å². The van der Waals surface area contributed by atoms with Gasteiger partial charge in [-0.1, -0.05) is 6.07 Å². The van der Waals surface area contributed by atoms with E-state index in [-0.39, 0.29) is 12.6 Å². The van der Waals surface area contributed by atoms with Gasteiger partial charge >= 0.3 is 0 Å². The van der Waals surface area contributed by atoms with Crippen molar-refractivity contribution in [1.82, 2.24) is 9.97 Å². The Labute approximate surface area is 135 Å². The van der Waals surface area contributed by atoms with Crippen LogP contribution in [0.4, 0.5) is 17.5 Å². The number of benzene rings is 1. The number of hydrogen-bond acceptors (Lipinski definition) is 6. The van der Waals surface area contributed by atoms with Crippen LogP contribution in [0.3, 0.4) is 0 Å². The predicted octanol–water partition coefficient (Wildman–Crippen LogP) is 2.76. The molecule has 6 heteroatoms. The summed E-state index contributed by atoms with van der Waals surface area (Å²) in [6.45, 7) is 1.89. The minimum atomic E-state index is -0.112. The Balaban J connectivity index is 1.86. The Kier molecular flexibility index (Phi) is 4.40. The highest BCUT2D eigenvalue weighted by molar-refractivity contribution is 5.60. The molecule has 1 aliphatic rings. The Hall–Kier alpha value is -2.65. The molecule has 3 rings (SSSR count). The highest BCUT2D eigenvalue weighted by Crippen LogP contribution is 2.40. The lowest BCUT2D eigenvalue weighted by molar-refractivity contribution is 0.281. The van der Waals surface area contributed by atoms with Crippen molar-refractivity contribution in [3.63, 3.8) is 0 Å². The maximum Gasteiger partial charge on any atom is 0.225 e. The molecule has 0 radical (unpaired) electrons. The zero-order valence-corrected chi connectivity index (χ0v) is 13.0. The summed E-state index contributed by atoms with van der Waals surface area (Å²) >= 11 is 0. The number of nitriles is 1. The van der Waals surface area contributed by atoms with Gasteiger partial charge in [0, 0.05) is 23.7 Å². The highest BCUT2D eigenvalue weighted by atomic mass is 16.3. The number of rotatable bonds is 6. The number of nitrogens with one attached hydrogen (secondary N) is 2. The molecular weight excluding hydrogens is 290 g/mol. The molecule has 6 nitrogen and oxygen atoms in total. The Morgan fingerprint density at radius 2 is 2.17 bits per heavy atom. The molecular formula is C17H19N5O. The minimum absolute atomic E-state index is 0.0178. The normalized spacial score (nSPS) is 14.8. The van der Waals surface area contributed by atoms with Crippen molar-refractivity contribution < 1.29 is 5.11 Å². The van der Waals surface area contributed by atoms with Crippen LogP contribution in [-0.4, -0.2) is 27.7 Å². The van der Waals surface area contributed by atoms with Crippen LogP contribution in [0.25, 0.3) is 0 Å². The summed E-state index contributed by atoms with van der Waals surface area (Å²) < 4.78 is 0. The number of aliphatic hydroxyl groups is 1. The van der Waals surface area contributed by atoms with Gasteiger partial charge in [-0.15, -0.1) is 0 Å². The van der Waals surface area contributed by atoms with E-state index in [9.17, 15) is 5.11 Å². The fourth-order valence-corrected chi connectivity index (χ4v) is 2.26. The van der Waals surface area contributed by atoms with Gasteiger partial charge < -0.3 is 15.7 Å². The van der Waals surface area contributed by atoms with Crippen LogP contribution in [0.15, 0.2) is 30.3 Å². The van der Waals surface area contributed by atoms with Crippen LogP contribution in [0.1, 0.15) is 36.9 Å². The smallest absolute Gasteiger partial charge is 0.225 e. The second kappa shape index (κ2) is 6.63. The summed E-state index contributed by atoms with van der Waals surface area (Å²) in [6.07, 6.45) is 2.30.